The Hall–Kier alpha value is -2.37. The number of carbonyl (C=O) groups excluding carboxylic acids is 1. The van der Waals surface area contributed by atoms with Crippen LogP contribution in [0.3, 0.4) is 0 Å². The Bertz CT molecular complexity index is 851. The molecule has 1 unspecified atom stereocenters. The van der Waals surface area contributed by atoms with E-state index in [2.05, 4.69) is 32.5 Å². The molecule has 0 bridgehead atoms. The average Bonchev–Trinajstić information content (AvgIpc) is 3.04. The molecule has 0 aliphatic carbocycles. The molecule has 35 heavy (non-hydrogen) atoms. The van der Waals surface area contributed by atoms with E-state index < -0.39 is 18.3 Å². The van der Waals surface area contributed by atoms with Gasteiger partial charge in [-0.25, -0.2) is 0 Å². The minimum Gasteiger partial charge on any atom is -0.399 e. The number of rotatable bonds is 8. The number of benzene rings is 1. The monoisotopic (exact) mass is 490 g/mol. The number of amidine groups is 1. The van der Waals surface area contributed by atoms with Gasteiger partial charge in [0.25, 0.3) is 0 Å². The zero-order valence-electron chi connectivity index (χ0n) is 22.7. The van der Waals surface area contributed by atoms with Gasteiger partial charge in [0.1, 0.15) is 12.1 Å². The van der Waals surface area contributed by atoms with E-state index in [1.54, 1.807) is 26.5 Å². The maximum atomic E-state index is 11.8. The van der Waals surface area contributed by atoms with Gasteiger partial charge in [-0.15, -0.1) is 0 Å². The quantitative estimate of drug-likeness (QED) is 0.221. The summed E-state index contributed by atoms with van der Waals surface area (Å²) in [6.45, 7) is 15.1. The van der Waals surface area contributed by atoms with Crippen molar-refractivity contribution in [2.24, 2.45) is 15.7 Å². The lowest BCUT2D eigenvalue weighted by Gasteiger charge is -2.32. The van der Waals surface area contributed by atoms with Crippen LogP contribution in [-0.2, 0) is 14.0 Å². The highest BCUT2D eigenvalue weighted by Crippen LogP contribution is 2.36. The predicted octanol–water partition coefficient (Wildman–Crippen LogP) is 2.82. The van der Waals surface area contributed by atoms with Crippen molar-refractivity contribution in [2.75, 3.05) is 33.2 Å². The van der Waals surface area contributed by atoms with E-state index in [-0.39, 0.29) is 12.6 Å². The molecular formula is C25H43BN4O5. The summed E-state index contributed by atoms with van der Waals surface area (Å²) in [7, 11) is 4.13. The molecule has 0 aromatic heterocycles. The van der Waals surface area contributed by atoms with Crippen LogP contribution in [0.25, 0.3) is 0 Å². The molecule has 1 aliphatic rings. The molecule has 0 spiro atoms. The number of aldehydes is 1. The van der Waals surface area contributed by atoms with E-state index in [0.717, 1.165) is 11.9 Å². The Morgan fingerprint density at radius 2 is 1.80 bits per heavy atom. The summed E-state index contributed by atoms with van der Waals surface area (Å²) in [5.74, 6) is 0.559. The number of aliphatic hydroxyl groups is 1. The second-order valence-corrected chi connectivity index (χ2v) is 8.80. The molecule has 2 rings (SSSR count). The molecule has 4 N–H and O–H groups in total. The summed E-state index contributed by atoms with van der Waals surface area (Å²) in [4.78, 5) is 20.2. The SMILES string of the molecule is C=N/C=C(/C)C(=NC(CC)CO)Nc1ccc(B2OC(C)(C)C(C)(C)O2)c(C=O)c1.CN.COC. The lowest BCUT2D eigenvalue weighted by atomic mass is 9.76. The van der Waals surface area contributed by atoms with Crippen molar-refractivity contribution in [1.82, 2.24) is 0 Å². The normalized spacial score (nSPS) is 17.4. The smallest absolute Gasteiger partial charge is 0.399 e. The molecule has 10 heteroatoms. The summed E-state index contributed by atoms with van der Waals surface area (Å²) in [5, 5.41) is 12.7. The summed E-state index contributed by atoms with van der Waals surface area (Å²) < 4.78 is 16.4. The van der Waals surface area contributed by atoms with Crippen LogP contribution in [-0.4, -0.2) is 76.2 Å². The van der Waals surface area contributed by atoms with Crippen LogP contribution in [0.4, 0.5) is 5.69 Å². The zero-order chi connectivity index (χ0) is 27.2. The topological polar surface area (TPSA) is 128 Å². The number of hydrogen-bond acceptors (Lipinski definition) is 8. The maximum absolute atomic E-state index is 11.8. The van der Waals surface area contributed by atoms with Gasteiger partial charge < -0.3 is 30.2 Å². The molecular weight excluding hydrogens is 447 g/mol. The molecule has 1 atom stereocenters. The van der Waals surface area contributed by atoms with E-state index in [4.69, 9.17) is 9.31 Å². The van der Waals surface area contributed by atoms with E-state index in [9.17, 15) is 9.90 Å². The fourth-order valence-corrected chi connectivity index (χ4v) is 2.95. The van der Waals surface area contributed by atoms with Gasteiger partial charge in [-0.1, -0.05) is 13.0 Å². The van der Waals surface area contributed by atoms with Gasteiger partial charge in [-0.05, 0) is 72.4 Å². The molecule has 0 saturated carbocycles. The average molecular weight is 490 g/mol. The predicted molar refractivity (Wildman–Crippen MR) is 146 cm³/mol. The van der Waals surface area contributed by atoms with Crippen LogP contribution >= 0.6 is 0 Å². The fourth-order valence-electron chi connectivity index (χ4n) is 2.95. The van der Waals surface area contributed by atoms with Gasteiger partial charge in [0.2, 0.25) is 0 Å². The first-order chi connectivity index (χ1) is 16.5. The van der Waals surface area contributed by atoms with Crippen molar-refractivity contribution < 1.29 is 23.9 Å². The summed E-state index contributed by atoms with van der Waals surface area (Å²) >= 11 is 0. The number of anilines is 1. The van der Waals surface area contributed by atoms with Crippen LogP contribution in [0.5, 0.6) is 0 Å². The highest BCUT2D eigenvalue weighted by Gasteiger charge is 2.52. The van der Waals surface area contributed by atoms with Crippen LogP contribution in [0, 0.1) is 0 Å². The number of methoxy groups -OCH3 is 1. The summed E-state index contributed by atoms with van der Waals surface area (Å²) in [6, 6.07) is 5.16. The highest BCUT2D eigenvalue weighted by atomic mass is 16.7. The Labute approximate surface area is 211 Å². The molecule has 9 nitrogen and oxygen atoms in total. The Morgan fingerprint density at radius 3 is 2.23 bits per heavy atom. The van der Waals surface area contributed by atoms with E-state index >= 15 is 0 Å². The van der Waals surface area contributed by atoms with Crippen molar-refractivity contribution in [3.05, 3.63) is 35.5 Å². The number of nitrogens with zero attached hydrogens (tertiary/aromatic N) is 2. The zero-order valence-corrected chi connectivity index (χ0v) is 22.7. The molecule has 196 valence electrons. The first-order valence-electron chi connectivity index (χ1n) is 11.5. The lowest BCUT2D eigenvalue weighted by molar-refractivity contribution is 0.00578. The number of carbonyl (C=O) groups is 1. The van der Waals surface area contributed by atoms with Crippen molar-refractivity contribution in [3.8, 4) is 0 Å². The van der Waals surface area contributed by atoms with Crippen LogP contribution in [0.1, 0.15) is 58.3 Å². The van der Waals surface area contributed by atoms with Gasteiger partial charge in [-0.3, -0.25) is 14.8 Å². The molecule has 0 amide bonds. The molecule has 1 fully saturated rings. The van der Waals surface area contributed by atoms with Crippen molar-refractivity contribution in [3.63, 3.8) is 0 Å². The first kappa shape index (κ1) is 32.6. The number of nitrogens with one attached hydrogen (secondary N) is 1. The molecule has 1 heterocycles. The maximum Gasteiger partial charge on any atom is 0.495 e. The summed E-state index contributed by atoms with van der Waals surface area (Å²) in [6.07, 6.45) is 3.07. The second-order valence-electron chi connectivity index (χ2n) is 8.80. The van der Waals surface area contributed by atoms with Gasteiger partial charge in [0, 0.05) is 37.2 Å². The number of nitrogens with two attached hydrogens (primary N) is 1. The fraction of sp³-hybridized carbons (Fsp3) is 0.560. The van der Waals surface area contributed by atoms with Crippen LogP contribution in [0.2, 0.25) is 0 Å². The number of ether oxygens (including phenoxy) is 1. The number of aliphatic hydroxyl groups excluding tert-OH is 1. The third-order valence-corrected chi connectivity index (χ3v) is 5.64. The molecule has 1 aliphatic heterocycles. The van der Waals surface area contributed by atoms with Gasteiger partial charge in [0.05, 0.1) is 23.9 Å². The lowest BCUT2D eigenvalue weighted by Crippen LogP contribution is -2.41. The first-order valence-corrected chi connectivity index (χ1v) is 11.5. The molecule has 1 aromatic carbocycles. The van der Waals surface area contributed by atoms with Gasteiger partial charge in [-0.2, -0.15) is 0 Å². The number of aliphatic imine (C=N–C) groups is 2. The van der Waals surface area contributed by atoms with Crippen molar-refractivity contribution in [1.29, 1.82) is 0 Å². The minimum atomic E-state index is -0.622. The Morgan fingerprint density at radius 1 is 1.26 bits per heavy atom. The van der Waals surface area contributed by atoms with Crippen LogP contribution < -0.4 is 16.5 Å². The molecule has 0 radical (unpaired) electrons. The molecule has 1 saturated heterocycles. The number of hydrogen-bond donors (Lipinski definition) is 3. The Kier molecular flexibility index (Phi) is 14.5. The Balaban J connectivity index is 0.00000214. The van der Waals surface area contributed by atoms with E-state index in [1.165, 1.54) is 7.05 Å². The van der Waals surface area contributed by atoms with Crippen LogP contribution in [0.15, 0.2) is 40.0 Å². The van der Waals surface area contributed by atoms with Gasteiger partial charge in [0.15, 0.2) is 0 Å². The van der Waals surface area contributed by atoms with E-state index in [0.29, 0.717) is 29.0 Å². The minimum absolute atomic E-state index is 0.0586. The largest absolute Gasteiger partial charge is 0.495 e. The second kappa shape index (κ2) is 15.6. The third-order valence-electron chi connectivity index (χ3n) is 5.64. The van der Waals surface area contributed by atoms with Gasteiger partial charge >= 0.3 is 7.12 Å². The van der Waals surface area contributed by atoms with Crippen molar-refractivity contribution >= 4 is 37.1 Å². The van der Waals surface area contributed by atoms with E-state index in [1.807, 2.05) is 53.7 Å². The standard InChI is InChI=1S/C22H32BN3O4.C2H6O.CH5N/c1-8-17(14-28)25-20(15(2)12-24-7)26-18-9-10-19(16(11-18)13-27)23-29-21(3,4)22(5,6)30-23;1-3-2;1-2/h9-13,17,28H,7-8,14H2,1-6H3,(H,25,26);1-2H3;2H2,1H3/b15-12-;;. The summed E-state index contributed by atoms with van der Waals surface area (Å²) in [5.41, 5.74) is 6.10. The van der Waals surface area contributed by atoms with Crippen molar-refractivity contribution in [2.45, 2.75) is 65.2 Å². The third kappa shape index (κ3) is 9.31. The molecule has 1 aromatic rings. The highest BCUT2D eigenvalue weighted by molar-refractivity contribution is 6.63.